The zero-order valence-corrected chi connectivity index (χ0v) is 16.6. The molecule has 0 saturated heterocycles. The third-order valence-corrected chi connectivity index (χ3v) is 5.20. The first-order valence-electron chi connectivity index (χ1n) is 9.04. The van der Waals surface area contributed by atoms with Gasteiger partial charge in [0.1, 0.15) is 11.1 Å². The standard InChI is InChI=1S/C20H17N5O3S/c1-11(18-24-17(25-28-18)13-4-3-7-22-10-13)27-20(26)14-8-16(12-5-6-12)23-19(29-2)15(14)9-21/h3-4,7-8,10-12H,5-6H2,1-2H3. The van der Waals surface area contributed by atoms with Gasteiger partial charge >= 0.3 is 5.97 Å². The Morgan fingerprint density at radius 2 is 2.24 bits per heavy atom. The molecule has 1 saturated carbocycles. The van der Waals surface area contributed by atoms with Crippen molar-refractivity contribution in [2.24, 2.45) is 0 Å². The highest BCUT2D eigenvalue weighted by molar-refractivity contribution is 7.98. The highest BCUT2D eigenvalue weighted by atomic mass is 32.2. The van der Waals surface area contributed by atoms with E-state index in [-0.39, 0.29) is 17.0 Å². The van der Waals surface area contributed by atoms with Gasteiger partial charge < -0.3 is 9.26 Å². The molecule has 1 aliphatic carbocycles. The van der Waals surface area contributed by atoms with E-state index in [0.717, 1.165) is 18.5 Å². The number of thioether (sulfide) groups is 1. The van der Waals surface area contributed by atoms with Crippen LogP contribution in [0.25, 0.3) is 11.4 Å². The minimum absolute atomic E-state index is 0.164. The lowest BCUT2D eigenvalue weighted by Gasteiger charge is -2.12. The Hall–Kier alpha value is -3.25. The Labute approximate surface area is 171 Å². The summed E-state index contributed by atoms with van der Waals surface area (Å²) >= 11 is 1.34. The molecule has 0 aliphatic heterocycles. The summed E-state index contributed by atoms with van der Waals surface area (Å²) in [6.45, 7) is 1.64. The molecule has 9 heteroatoms. The van der Waals surface area contributed by atoms with Crippen LogP contribution in [0, 0.1) is 11.3 Å². The summed E-state index contributed by atoms with van der Waals surface area (Å²) in [7, 11) is 0. The molecule has 0 radical (unpaired) electrons. The van der Waals surface area contributed by atoms with E-state index >= 15 is 0 Å². The fourth-order valence-electron chi connectivity index (χ4n) is 2.83. The molecule has 3 aromatic heterocycles. The van der Waals surface area contributed by atoms with E-state index in [4.69, 9.17) is 9.26 Å². The van der Waals surface area contributed by atoms with Gasteiger partial charge in [-0.2, -0.15) is 10.2 Å². The SMILES string of the molecule is CSc1nc(C2CC2)cc(C(=O)OC(C)c2nc(-c3cccnc3)no2)c1C#N. The Bertz CT molecular complexity index is 1090. The molecule has 1 atom stereocenters. The van der Waals surface area contributed by atoms with Crippen LogP contribution in [0.15, 0.2) is 40.1 Å². The Balaban J connectivity index is 1.57. The van der Waals surface area contributed by atoms with Crippen LogP contribution in [-0.4, -0.2) is 32.3 Å². The molecule has 0 bridgehead atoms. The minimum atomic E-state index is -0.776. The van der Waals surface area contributed by atoms with E-state index in [1.807, 2.05) is 6.26 Å². The number of aromatic nitrogens is 4. The van der Waals surface area contributed by atoms with Crippen LogP contribution in [0.3, 0.4) is 0 Å². The second kappa shape index (κ2) is 8.01. The van der Waals surface area contributed by atoms with Crippen molar-refractivity contribution in [3.63, 3.8) is 0 Å². The van der Waals surface area contributed by atoms with E-state index in [2.05, 4.69) is 26.2 Å². The molecule has 0 spiro atoms. The van der Waals surface area contributed by atoms with Crippen molar-refractivity contribution in [1.29, 1.82) is 5.26 Å². The molecule has 1 fully saturated rings. The largest absolute Gasteiger partial charge is 0.449 e. The van der Waals surface area contributed by atoms with Crippen molar-refractivity contribution in [3.05, 3.63) is 53.3 Å². The van der Waals surface area contributed by atoms with Gasteiger partial charge in [0.25, 0.3) is 5.89 Å². The quantitative estimate of drug-likeness (QED) is 0.443. The zero-order valence-electron chi connectivity index (χ0n) is 15.8. The second-order valence-corrected chi connectivity index (χ2v) is 7.41. The predicted molar refractivity (Wildman–Crippen MR) is 104 cm³/mol. The van der Waals surface area contributed by atoms with Gasteiger partial charge in [-0.15, -0.1) is 11.8 Å². The summed E-state index contributed by atoms with van der Waals surface area (Å²) in [6, 6.07) is 7.31. The van der Waals surface area contributed by atoms with Gasteiger partial charge in [-0.05, 0) is 44.2 Å². The molecule has 3 heterocycles. The van der Waals surface area contributed by atoms with Crippen LogP contribution in [0.2, 0.25) is 0 Å². The molecule has 0 amide bonds. The molecule has 0 aromatic carbocycles. The molecule has 4 rings (SSSR count). The van der Waals surface area contributed by atoms with Crippen molar-refractivity contribution in [2.75, 3.05) is 6.26 Å². The normalized spacial score (nSPS) is 14.2. The maximum Gasteiger partial charge on any atom is 0.340 e. The van der Waals surface area contributed by atoms with Crippen LogP contribution in [-0.2, 0) is 4.74 Å². The number of nitriles is 1. The molecule has 146 valence electrons. The molecule has 1 aliphatic rings. The molecular formula is C20H17N5O3S. The van der Waals surface area contributed by atoms with E-state index in [1.54, 1.807) is 37.5 Å². The van der Waals surface area contributed by atoms with Crippen molar-refractivity contribution >= 4 is 17.7 Å². The maximum atomic E-state index is 12.8. The number of hydrogen-bond acceptors (Lipinski definition) is 9. The number of carbonyl (C=O) groups is 1. The van der Waals surface area contributed by atoms with Gasteiger partial charge in [-0.3, -0.25) is 4.98 Å². The number of pyridine rings is 2. The smallest absolute Gasteiger partial charge is 0.340 e. The predicted octanol–water partition coefficient (Wildman–Crippen LogP) is 3.92. The number of carbonyl (C=O) groups excluding carboxylic acids is 1. The molecule has 0 N–H and O–H groups in total. The first kappa shape index (κ1) is 19.1. The van der Waals surface area contributed by atoms with Crippen molar-refractivity contribution in [3.8, 4) is 17.5 Å². The van der Waals surface area contributed by atoms with Gasteiger partial charge in [0.15, 0.2) is 6.10 Å². The van der Waals surface area contributed by atoms with E-state index in [0.29, 0.717) is 22.3 Å². The number of esters is 1. The summed E-state index contributed by atoms with van der Waals surface area (Å²) in [5.41, 5.74) is 1.96. The van der Waals surface area contributed by atoms with E-state index < -0.39 is 12.1 Å². The number of nitrogens with zero attached hydrogens (tertiary/aromatic N) is 5. The molecule has 8 nitrogen and oxygen atoms in total. The van der Waals surface area contributed by atoms with Gasteiger partial charge in [0.2, 0.25) is 5.82 Å². The summed E-state index contributed by atoms with van der Waals surface area (Å²) in [6.07, 6.45) is 6.39. The fourth-order valence-corrected chi connectivity index (χ4v) is 3.39. The lowest BCUT2D eigenvalue weighted by Crippen LogP contribution is -2.13. The Kier molecular flexibility index (Phi) is 5.27. The Morgan fingerprint density at radius 1 is 1.41 bits per heavy atom. The second-order valence-electron chi connectivity index (χ2n) is 6.61. The van der Waals surface area contributed by atoms with Crippen LogP contribution >= 0.6 is 11.8 Å². The number of ether oxygens (including phenoxy) is 1. The lowest BCUT2D eigenvalue weighted by atomic mass is 10.1. The monoisotopic (exact) mass is 407 g/mol. The summed E-state index contributed by atoms with van der Waals surface area (Å²) < 4.78 is 10.8. The maximum absolute atomic E-state index is 12.8. The first-order chi connectivity index (χ1) is 14.1. The molecule has 1 unspecified atom stereocenters. The molecule has 29 heavy (non-hydrogen) atoms. The topological polar surface area (TPSA) is 115 Å². The molecule has 3 aromatic rings. The summed E-state index contributed by atoms with van der Waals surface area (Å²) in [4.78, 5) is 25.7. The van der Waals surface area contributed by atoms with Gasteiger partial charge in [0.05, 0.1) is 11.1 Å². The summed E-state index contributed by atoms with van der Waals surface area (Å²) in [5.74, 6) is 0.251. The van der Waals surface area contributed by atoms with Crippen molar-refractivity contribution < 1.29 is 14.1 Å². The third-order valence-electron chi connectivity index (χ3n) is 4.52. The fraction of sp³-hybridized carbons (Fsp3) is 0.300. The van der Waals surface area contributed by atoms with E-state index in [9.17, 15) is 10.1 Å². The van der Waals surface area contributed by atoms with Crippen LogP contribution < -0.4 is 0 Å². The third kappa shape index (κ3) is 3.98. The zero-order chi connectivity index (χ0) is 20.4. The number of rotatable bonds is 6. The van der Waals surface area contributed by atoms with Gasteiger partial charge in [-0.1, -0.05) is 5.16 Å². The van der Waals surface area contributed by atoms with Gasteiger partial charge in [0, 0.05) is 29.6 Å². The lowest BCUT2D eigenvalue weighted by molar-refractivity contribution is 0.0264. The minimum Gasteiger partial charge on any atom is -0.449 e. The van der Waals surface area contributed by atoms with Crippen LogP contribution in [0.5, 0.6) is 0 Å². The number of hydrogen-bond donors (Lipinski definition) is 0. The van der Waals surface area contributed by atoms with Crippen molar-refractivity contribution in [1.82, 2.24) is 20.1 Å². The van der Waals surface area contributed by atoms with Crippen LogP contribution in [0.4, 0.5) is 0 Å². The molecular weight excluding hydrogens is 390 g/mol. The Morgan fingerprint density at radius 3 is 2.90 bits per heavy atom. The van der Waals surface area contributed by atoms with Crippen molar-refractivity contribution in [2.45, 2.75) is 36.8 Å². The average molecular weight is 407 g/mol. The van der Waals surface area contributed by atoms with E-state index in [1.165, 1.54) is 11.8 Å². The summed E-state index contributed by atoms with van der Waals surface area (Å²) in [5, 5.41) is 14.0. The highest BCUT2D eigenvalue weighted by Crippen LogP contribution is 2.40. The van der Waals surface area contributed by atoms with Crippen LogP contribution in [0.1, 0.15) is 59.3 Å². The average Bonchev–Trinajstić information content (AvgIpc) is 3.49. The highest BCUT2D eigenvalue weighted by Gasteiger charge is 2.30. The first-order valence-corrected chi connectivity index (χ1v) is 10.3. The van der Waals surface area contributed by atoms with Gasteiger partial charge in [-0.25, -0.2) is 9.78 Å².